The van der Waals surface area contributed by atoms with Gasteiger partial charge in [-0.05, 0) is 42.4 Å². The van der Waals surface area contributed by atoms with Crippen molar-refractivity contribution in [3.05, 3.63) is 71.3 Å². The summed E-state index contributed by atoms with van der Waals surface area (Å²) in [6, 6.07) is 14.0. The van der Waals surface area contributed by atoms with Crippen LogP contribution in [0.2, 0.25) is 0 Å². The van der Waals surface area contributed by atoms with E-state index >= 15 is 0 Å². The fraction of sp³-hybridized carbons (Fsp3) is 0.333. The zero-order valence-electron chi connectivity index (χ0n) is 16.2. The second-order valence-corrected chi connectivity index (χ2v) is 8.12. The van der Waals surface area contributed by atoms with Crippen LogP contribution in [-0.2, 0) is 22.3 Å². The number of thioether (sulfide) groups is 1. The third kappa shape index (κ3) is 5.26. The molecule has 1 fully saturated rings. The monoisotopic (exact) mass is 454 g/mol. The molecule has 2 aromatic rings. The summed E-state index contributed by atoms with van der Waals surface area (Å²) in [6.45, 7) is 2.43. The van der Waals surface area contributed by atoms with Gasteiger partial charge in [0.1, 0.15) is 11.4 Å². The third-order valence-corrected chi connectivity index (χ3v) is 6.28. The van der Waals surface area contributed by atoms with Crippen LogP contribution in [0.1, 0.15) is 29.0 Å². The zero-order chi connectivity index (χ0) is 21.7. The SMILES string of the molecule is CCOC(=O)[C@H]1CS[C@@H](c2ccc(C(F)(F)F)cc2)N1C(=S)NCc1ccccc1. The minimum atomic E-state index is -4.40. The van der Waals surface area contributed by atoms with Gasteiger partial charge in [-0.2, -0.15) is 13.2 Å². The van der Waals surface area contributed by atoms with E-state index in [4.69, 9.17) is 17.0 Å². The van der Waals surface area contributed by atoms with Gasteiger partial charge in [-0.1, -0.05) is 42.5 Å². The molecule has 1 saturated heterocycles. The largest absolute Gasteiger partial charge is 0.464 e. The molecule has 0 saturated carbocycles. The predicted molar refractivity (Wildman–Crippen MR) is 115 cm³/mol. The molecule has 0 aliphatic carbocycles. The van der Waals surface area contributed by atoms with Crippen molar-refractivity contribution in [1.82, 2.24) is 10.2 Å². The van der Waals surface area contributed by atoms with Crippen LogP contribution in [0.25, 0.3) is 0 Å². The lowest BCUT2D eigenvalue weighted by atomic mass is 10.1. The van der Waals surface area contributed by atoms with E-state index in [-0.39, 0.29) is 6.61 Å². The number of carbonyl (C=O) groups excluding carboxylic acids is 1. The molecule has 160 valence electrons. The smallest absolute Gasteiger partial charge is 0.416 e. The molecule has 4 nitrogen and oxygen atoms in total. The Morgan fingerprint density at radius 3 is 2.47 bits per heavy atom. The van der Waals surface area contributed by atoms with E-state index < -0.39 is 29.1 Å². The standard InChI is InChI=1S/C21H21F3N2O2S2/c1-2-28-19(27)17-13-30-18(15-8-10-16(11-9-15)21(22,23)24)26(17)20(29)25-12-14-6-4-3-5-7-14/h3-11,17-18H,2,12-13H2,1H3,(H,25,29)/t17-,18+/m1/s1. The van der Waals surface area contributed by atoms with Crippen molar-refractivity contribution in [3.8, 4) is 0 Å². The van der Waals surface area contributed by atoms with Gasteiger partial charge in [0.15, 0.2) is 5.11 Å². The van der Waals surface area contributed by atoms with E-state index in [9.17, 15) is 18.0 Å². The minimum Gasteiger partial charge on any atom is -0.464 e. The molecule has 3 rings (SSSR count). The first-order valence-electron chi connectivity index (χ1n) is 9.36. The molecular formula is C21H21F3N2O2S2. The van der Waals surface area contributed by atoms with Crippen LogP contribution in [0.5, 0.6) is 0 Å². The first-order valence-corrected chi connectivity index (χ1v) is 10.8. The first-order chi connectivity index (χ1) is 14.3. The van der Waals surface area contributed by atoms with Gasteiger partial charge in [0.05, 0.1) is 12.2 Å². The van der Waals surface area contributed by atoms with Crippen LogP contribution in [0.3, 0.4) is 0 Å². The Balaban J connectivity index is 1.82. The maximum absolute atomic E-state index is 12.9. The van der Waals surface area contributed by atoms with Crippen molar-refractivity contribution < 1.29 is 22.7 Å². The van der Waals surface area contributed by atoms with Crippen molar-refractivity contribution >= 4 is 35.1 Å². The minimum absolute atomic E-state index is 0.239. The lowest BCUT2D eigenvalue weighted by molar-refractivity contribution is -0.147. The van der Waals surface area contributed by atoms with Crippen LogP contribution in [0, 0.1) is 0 Å². The topological polar surface area (TPSA) is 41.6 Å². The van der Waals surface area contributed by atoms with Gasteiger partial charge in [-0.25, -0.2) is 4.79 Å². The van der Waals surface area contributed by atoms with Crippen LogP contribution < -0.4 is 5.32 Å². The maximum Gasteiger partial charge on any atom is 0.416 e. The number of ether oxygens (including phenoxy) is 1. The van der Waals surface area contributed by atoms with Crippen LogP contribution in [-0.4, -0.2) is 34.4 Å². The quantitative estimate of drug-likeness (QED) is 0.519. The molecule has 2 atom stereocenters. The zero-order valence-corrected chi connectivity index (χ0v) is 17.8. The Kier molecular flexibility index (Phi) is 7.25. The molecular weight excluding hydrogens is 433 g/mol. The van der Waals surface area contributed by atoms with Crippen molar-refractivity contribution in [2.45, 2.75) is 31.1 Å². The molecule has 0 radical (unpaired) electrons. The number of nitrogens with one attached hydrogen (secondary N) is 1. The first kappa shape index (κ1) is 22.4. The maximum atomic E-state index is 12.9. The Hall–Kier alpha value is -2.26. The van der Waals surface area contributed by atoms with E-state index in [0.29, 0.717) is 23.0 Å². The van der Waals surface area contributed by atoms with Crippen LogP contribution in [0.15, 0.2) is 54.6 Å². The third-order valence-electron chi connectivity index (χ3n) is 4.60. The Bertz CT molecular complexity index is 876. The number of benzene rings is 2. The fourth-order valence-electron chi connectivity index (χ4n) is 3.13. The highest BCUT2D eigenvalue weighted by atomic mass is 32.2. The van der Waals surface area contributed by atoms with Crippen molar-refractivity contribution in [2.75, 3.05) is 12.4 Å². The van der Waals surface area contributed by atoms with Gasteiger partial charge in [-0.3, -0.25) is 0 Å². The number of esters is 1. The molecule has 1 N–H and O–H groups in total. The molecule has 1 aliphatic heterocycles. The second kappa shape index (κ2) is 9.70. The molecule has 1 aliphatic rings. The molecule has 1 heterocycles. The summed E-state index contributed by atoms with van der Waals surface area (Å²) in [6.07, 6.45) is -4.40. The van der Waals surface area contributed by atoms with E-state index in [1.54, 1.807) is 11.8 Å². The Morgan fingerprint density at radius 2 is 1.87 bits per heavy atom. The van der Waals surface area contributed by atoms with Crippen molar-refractivity contribution in [1.29, 1.82) is 0 Å². The average Bonchev–Trinajstić information content (AvgIpc) is 3.18. The molecule has 0 aromatic heterocycles. The number of nitrogens with zero attached hydrogens (tertiary/aromatic N) is 1. The number of hydrogen-bond acceptors (Lipinski definition) is 4. The van der Waals surface area contributed by atoms with Crippen molar-refractivity contribution in [3.63, 3.8) is 0 Å². The predicted octanol–water partition coefficient (Wildman–Crippen LogP) is 4.76. The number of thiocarbonyl (C=S) groups is 1. The van der Waals surface area contributed by atoms with E-state index in [1.165, 1.54) is 23.9 Å². The summed E-state index contributed by atoms with van der Waals surface area (Å²) >= 11 is 7.01. The van der Waals surface area contributed by atoms with E-state index in [1.807, 2.05) is 30.3 Å². The fourth-order valence-corrected chi connectivity index (χ4v) is 4.93. The molecule has 9 heteroatoms. The summed E-state index contributed by atoms with van der Waals surface area (Å²) in [5.74, 6) is 0.0285. The highest BCUT2D eigenvalue weighted by Gasteiger charge is 2.42. The van der Waals surface area contributed by atoms with Gasteiger partial charge in [-0.15, -0.1) is 11.8 Å². The summed E-state index contributed by atoms with van der Waals surface area (Å²) in [5, 5.41) is 3.12. The van der Waals surface area contributed by atoms with E-state index in [0.717, 1.165) is 17.7 Å². The molecule has 0 unspecified atom stereocenters. The summed E-state index contributed by atoms with van der Waals surface area (Å²) in [4.78, 5) is 14.2. The number of halogens is 3. The lowest BCUT2D eigenvalue weighted by Gasteiger charge is -2.31. The normalized spacial score (nSPS) is 18.9. The number of rotatable bonds is 5. The van der Waals surface area contributed by atoms with Gasteiger partial charge in [0.2, 0.25) is 0 Å². The summed E-state index contributed by atoms with van der Waals surface area (Å²) in [7, 11) is 0. The molecule has 0 amide bonds. The number of carbonyl (C=O) groups is 1. The van der Waals surface area contributed by atoms with Crippen LogP contribution >= 0.6 is 24.0 Å². The molecule has 30 heavy (non-hydrogen) atoms. The van der Waals surface area contributed by atoms with Gasteiger partial charge < -0.3 is 15.0 Å². The average molecular weight is 455 g/mol. The lowest BCUT2D eigenvalue weighted by Crippen LogP contribution is -2.48. The number of alkyl halides is 3. The Morgan fingerprint density at radius 1 is 1.20 bits per heavy atom. The summed E-state index contributed by atoms with van der Waals surface area (Å²) in [5.41, 5.74) is 0.946. The molecule has 0 bridgehead atoms. The number of hydrogen-bond donors (Lipinski definition) is 1. The van der Waals surface area contributed by atoms with Crippen molar-refractivity contribution in [2.24, 2.45) is 0 Å². The highest BCUT2D eigenvalue weighted by Crippen LogP contribution is 2.42. The van der Waals surface area contributed by atoms with Crippen LogP contribution in [0.4, 0.5) is 13.2 Å². The Labute approximate surface area is 182 Å². The molecule has 2 aromatic carbocycles. The second-order valence-electron chi connectivity index (χ2n) is 6.62. The van der Waals surface area contributed by atoms with Gasteiger partial charge in [0, 0.05) is 12.3 Å². The van der Waals surface area contributed by atoms with E-state index in [2.05, 4.69) is 5.32 Å². The summed E-state index contributed by atoms with van der Waals surface area (Å²) < 4.78 is 43.9. The molecule has 0 spiro atoms. The van der Waals surface area contributed by atoms with Gasteiger partial charge >= 0.3 is 12.1 Å². The van der Waals surface area contributed by atoms with Gasteiger partial charge in [0.25, 0.3) is 0 Å². The highest BCUT2D eigenvalue weighted by molar-refractivity contribution is 7.99.